The number of amides is 1. The Morgan fingerprint density at radius 3 is 2.38 bits per heavy atom. The molecular weight excluding hydrogens is 316 g/mol. The summed E-state index contributed by atoms with van der Waals surface area (Å²) in [6.45, 7) is 3.77. The number of hydrogen-bond acceptors (Lipinski definition) is 3. The number of ether oxygens (including phenoxy) is 2. The molecule has 1 aliphatic rings. The number of para-hydroxylation sites is 2. The van der Waals surface area contributed by atoms with Crippen LogP contribution in [0.2, 0.25) is 0 Å². The molecule has 6 heteroatoms. The summed E-state index contributed by atoms with van der Waals surface area (Å²) in [5.41, 5.74) is 0.274. The van der Waals surface area contributed by atoms with E-state index in [1.807, 2.05) is 6.07 Å². The highest BCUT2D eigenvalue weighted by Crippen LogP contribution is 2.34. The molecule has 0 radical (unpaired) electrons. The number of halogens is 2. The van der Waals surface area contributed by atoms with Crippen molar-refractivity contribution in [3.05, 3.63) is 54.1 Å². The van der Waals surface area contributed by atoms with Gasteiger partial charge in [0, 0.05) is 18.3 Å². The Morgan fingerprint density at radius 1 is 1.08 bits per heavy atom. The van der Waals surface area contributed by atoms with Crippen LogP contribution in [0.3, 0.4) is 0 Å². The summed E-state index contributed by atoms with van der Waals surface area (Å²) in [7, 11) is 0. The average Bonchev–Trinajstić information content (AvgIpc) is 2.58. The molecule has 0 saturated heterocycles. The molecule has 2 unspecified atom stereocenters. The zero-order chi connectivity index (χ0) is 17.3. The second-order valence-electron chi connectivity index (χ2n) is 5.49. The Balaban J connectivity index is 1.87. The first-order valence-corrected chi connectivity index (χ1v) is 7.70. The molecule has 0 N–H and O–H groups in total. The van der Waals surface area contributed by atoms with Gasteiger partial charge < -0.3 is 14.4 Å². The van der Waals surface area contributed by atoms with Crippen molar-refractivity contribution in [3.63, 3.8) is 0 Å². The lowest BCUT2D eigenvalue weighted by molar-refractivity contribution is -0.130. The van der Waals surface area contributed by atoms with Gasteiger partial charge in [0.25, 0.3) is 5.91 Å². The molecule has 2 aromatic rings. The van der Waals surface area contributed by atoms with E-state index in [1.165, 1.54) is 11.0 Å². The molecule has 1 amide bonds. The lowest BCUT2D eigenvalue weighted by atomic mass is 10.1. The summed E-state index contributed by atoms with van der Waals surface area (Å²) in [6.07, 6.45) is -1.38. The highest BCUT2D eigenvalue weighted by Gasteiger charge is 2.37. The molecule has 0 fully saturated rings. The van der Waals surface area contributed by atoms with Gasteiger partial charge in [-0.25, -0.2) is 8.78 Å². The van der Waals surface area contributed by atoms with Crippen LogP contribution >= 0.6 is 0 Å². The molecule has 2 atom stereocenters. The topological polar surface area (TPSA) is 38.8 Å². The molecule has 1 heterocycles. The zero-order valence-electron chi connectivity index (χ0n) is 13.3. The summed E-state index contributed by atoms with van der Waals surface area (Å²) >= 11 is 0. The number of nitrogens with zero attached hydrogens (tertiary/aromatic N) is 1. The van der Waals surface area contributed by atoms with E-state index in [2.05, 4.69) is 0 Å². The van der Waals surface area contributed by atoms with Crippen molar-refractivity contribution in [2.24, 2.45) is 0 Å². The lowest BCUT2D eigenvalue weighted by Gasteiger charge is -2.34. The Labute approximate surface area is 138 Å². The maximum absolute atomic E-state index is 13.5. The summed E-state index contributed by atoms with van der Waals surface area (Å²) in [5.74, 6) is -1.27. The van der Waals surface area contributed by atoms with Gasteiger partial charge in [-0.05, 0) is 38.1 Å². The van der Waals surface area contributed by atoms with Crippen molar-refractivity contribution in [1.29, 1.82) is 0 Å². The van der Waals surface area contributed by atoms with Gasteiger partial charge in [0.15, 0.2) is 23.1 Å². The van der Waals surface area contributed by atoms with Crippen LogP contribution < -0.4 is 14.4 Å². The van der Waals surface area contributed by atoms with E-state index < -0.39 is 23.8 Å². The van der Waals surface area contributed by atoms with Gasteiger partial charge in [0.05, 0.1) is 0 Å². The molecule has 0 bridgehead atoms. The number of likely N-dealkylation sites (N-methyl/N-ethyl adjacent to an activating group) is 1. The molecule has 24 heavy (non-hydrogen) atoms. The van der Waals surface area contributed by atoms with Crippen molar-refractivity contribution in [1.82, 2.24) is 0 Å². The standard InChI is InChI=1S/C18H17F2NO3/c1-3-21(12-8-9-13(19)14(20)10-12)18(22)17-11(2)23-15-6-4-5-7-16(15)24-17/h4-11,17H,3H2,1-2H3. The number of carbonyl (C=O) groups is 1. The van der Waals surface area contributed by atoms with E-state index in [0.29, 0.717) is 11.5 Å². The van der Waals surface area contributed by atoms with E-state index in [9.17, 15) is 13.6 Å². The van der Waals surface area contributed by atoms with Crippen LogP contribution in [0.5, 0.6) is 11.5 Å². The SMILES string of the molecule is CCN(C(=O)C1Oc2ccccc2OC1C)c1ccc(F)c(F)c1. The molecule has 0 spiro atoms. The van der Waals surface area contributed by atoms with Crippen LogP contribution in [-0.4, -0.2) is 24.7 Å². The molecule has 0 aromatic heterocycles. The molecule has 0 saturated carbocycles. The van der Waals surface area contributed by atoms with Crippen LogP contribution in [0, 0.1) is 11.6 Å². The molecule has 3 rings (SSSR count). The van der Waals surface area contributed by atoms with Crippen LogP contribution in [0.15, 0.2) is 42.5 Å². The van der Waals surface area contributed by atoms with Crippen LogP contribution in [0.4, 0.5) is 14.5 Å². The fraction of sp³-hybridized carbons (Fsp3) is 0.278. The smallest absolute Gasteiger partial charge is 0.271 e. The number of anilines is 1. The first kappa shape index (κ1) is 16.2. The van der Waals surface area contributed by atoms with Crippen molar-refractivity contribution < 1.29 is 23.0 Å². The predicted molar refractivity (Wildman–Crippen MR) is 85.3 cm³/mol. The van der Waals surface area contributed by atoms with E-state index >= 15 is 0 Å². The van der Waals surface area contributed by atoms with Gasteiger partial charge in [-0.15, -0.1) is 0 Å². The summed E-state index contributed by atoms with van der Waals surface area (Å²) in [5, 5.41) is 0. The first-order valence-electron chi connectivity index (χ1n) is 7.70. The average molecular weight is 333 g/mol. The van der Waals surface area contributed by atoms with E-state index in [1.54, 1.807) is 32.0 Å². The van der Waals surface area contributed by atoms with Crippen LogP contribution in [-0.2, 0) is 4.79 Å². The maximum Gasteiger partial charge on any atom is 0.271 e. The molecular formula is C18H17F2NO3. The summed E-state index contributed by atoms with van der Waals surface area (Å²) in [4.78, 5) is 14.2. The van der Waals surface area contributed by atoms with E-state index in [-0.39, 0.29) is 18.1 Å². The van der Waals surface area contributed by atoms with Gasteiger partial charge in [0.2, 0.25) is 6.10 Å². The molecule has 2 aromatic carbocycles. The molecule has 1 aliphatic heterocycles. The third-order valence-corrected chi connectivity index (χ3v) is 3.88. The third kappa shape index (κ3) is 2.91. The van der Waals surface area contributed by atoms with E-state index in [4.69, 9.17) is 9.47 Å². The second kappa shape index (κ2) is 6.47. The van der Waals surface area contributed by atoms with Gasteiger partial charge in [-0.2, -0.15) is 0 Å². The highest BCUT2D eigenvalue weighted by atomic mass is 19.2. The second-order valence-corrected chi connectivity index (χ2v) is 5.49. The zero-order valence-corrected chi connectivity index (χ0v) is 13.3. The van der Waals surface area contributed by atoms with E-state index in [0.717, 1.165) is 12.1 Å². The Morgan fingerprint density at radius 2 is 1.75 bits per heavy atom. The molecule has 126 valence electrons. The number of hydrogen-bond donors (Lipinski definition) is 0. The predicted octanol–water partition coefficient (Wildman–Crippen LogP) is 3.55. The Hall–Kier alpha value is -2.63. The van der Waals surface area contributed by atoms with Gasteiger partial charge in [-0.1, -0.05) is 12.1 Å². The monoisotopic (exact) mass is 333 g/mol. The normalized spacial score (nSPS) is 19.0. The molecule has 4 nitrogen and oxygen atoms in total. The summed E-state index contributed by atoms with van der Waals surface area (Å²) in [6, 6.07) is 10.4. The fourth-order valence-electron chi connectivity index (χ4n) is 2.66. The van der Waals surface area contributed by atoms with Crippen molar-refractivity contribution in [3.8, 4) is 11.5 Å². The third-order valence-electron chi connectivity index (χ3n) is 3.88. The quantitative estimate of drug-likeness (QED) is 0.862. The fourth-order valence-corrected chi connectivity index (χ4v) is 2.66. The summed E-state index contributed by atoms with van der Waals surface area (Å²) < 4.78 is 38.1. The van der Waals surface area contributed by atoms with Gasteiger partial charge in [0.1, 0.15) is 6.10 Å². The Kier molecular flexibility index (Phi) is 4.38. The number of carbonyl (C=O) groups excluding carboxylic acids is 1. The van der Waals surface area contributed by atoms with Crippen molar-refractivity contribution in [2.75, 3.05) is 11.4 Å². The number of fused-ring (bicyclic) bond motifs is 1. The van der Waals surface area contributed by atoms with Crippen molar-refractivity contribution >= 4 is 11.6 Å². The van der Waals surface area contributed by atoms with Gasteiger partial charge >= 0.3 is 0 Å². The first-order chi connectivity index (χ1) is 11.5. The van der Waals surface area contributed by atoms with Crippen LogP contribution in [0.1, 0.15) is 13.8 Å². The highest BCUT2D eigenvalue weighted by molar-refractivity contribution is 5.97. The minimum Gasteiger partial charge on any atom is -0.482 e. The lowest BCUT2D eigenvalue weighted by Crippen LogP contribution is -2.50. The van der Waals surface area contributed by atoms with Crippen molar-refractivity contribution in [2.45, 2.75) is 26.1 Å². The number of rotatable bonds is 3. The number of benzene rings is 2. The van der Waals surface area contributed by atoms with Gasteiger partial charge in [-0.3, -0.25) is 4.79 Å². The largest absolute Gasteiger partial charge is 0.482 e. The van der Waals surface area contributed by atoms with Crippen LogP contribution in [0.25, 0.3) is 0 Å². The Bertz CT molecular complexity index is 766. The maximum atomic E-state index is 13.5. The minimum absolute atomic E-state index is 0.274. The molecule has 0 aliphatic carbocycles. The minimum atomic E-state index is -1.00.